The number of nitrogens with one attached hydrogen (secondary N) is 1. The number of ether oxygens (including phenoxy) is 2. The van der Waals surface area contributed by atoms with Crippen LogP contribution in [0, 0.1) is 0 Å². The number of benzene rings is 2. The van der Waals surface area contributed by atoms with Crippen molar-refractivity contribution in [2.45, 2.75) is 32.6 Å². The monoisotopic (exact) mass is 399 g/mol. The first-order valence-electron chi connectivity index (χ1n) is 9.67. The largest absolute Gasteiger partial charge is 0.489 e. The van der Waals surface area contributed by atoms with Gasteiger partial charge in [-0.15, -0.1) is 0 Å². The molecule has 5 heteroatoms. The molecule has 0 aliphatic carbocycles. The highest BCUT2D eigenvalue weighted by Gasteiger charge is 2.14. The van der Waals surface area contributed by atoms with E-state index in [1.54, 1.807) is 12.1 Å². The van der Waals surface area contributed by atoms with Gasteiger partial charge in [0.2, 0.25) is 5.91 Å². The second-order valence-electron chi connectivity index (χ2n) is 7.15. The standard InChI is InChI=1S/C23H26ClNO3/c1-16(2)19-7-4-17(5-8-19)10-11-25-22(26)9-6-18-14-20(24)23-21(15-18)27-12-3-13-28-23/h4-9,14-16H,3,10-13H2,1-2H3,(H,25,26). The molecule has 0 saturated heterocycles. The van der Waals surface area contributed by atoms with Crippen LogP contribution in [0.3, 0.4) is 0 Å². The molecule has 1 aliphatic rings. The fourth-order valence-corrected chi connectivity index (χ4v) is 3.25. The van der Waals surface area contributed by atoms with E-state index < -0.39 is 0 Å². The molecule has 1 aliphatic heterocycles. The zero-order valence-electron chi connectivity index (χ0n) is 16.3. The Morgan fingerprint density at radius 1 is 1.18 bits per heavy atom. The van der Waals surface area contributed by atoms with E-state index in [0.29, 0.717) is 42.2 Å². The van der Waals surface area contributed by atoms with Crippen LogP contribution in [0.15, 0.2) is 42.5 Å². The lowest BCUT2D eigenvalue weighted by Gasteiger charge is -2.10. The van der Waals surface area contributed by atoms with Crippen molar-refractivity contribution in [1.82, 2.24) is 5.32 Å². The van der Waals surface area contributed by atoms with Crippen molar-refractivity contribution < 1.29 is 14.3 Å². The number of carbonyl (C=O) groups is 1. The van der Waals surface area contributed by atoms with Gasteiger partial charge >= 0.3 is 0 Å². The summed E-state index contributed by atoms with van der Waals surface area (Å²) in [5.41, 5.74) is 3.33. The Bertz CT molecular complexity index is 844. The molecule has 4 nitrogen and oxygen atoms in total. The molecular weight excluding hydrogens is 374 g/mol. The molecule has 0 atom stereocenters. The summed E-state index contributed by atoms with van der Waals surface area (Å²) in [5, 5.41) is 3.40. The topological polar surface area (TPSA) is 47.6 Å². The zero-order valence-corrected chi connectivity index (χ0v) is 17.1. The van der Waals surface area contributed by atoms with Crippen molar-refractivity contribution in [2.75, 3.05) is 19.8 Å². The van der Waals surface area contributed by atoms with Crippen LogP contribution in [-0.4, -0.2) is 25.7 Å². The molecule has 0 radical (unpaired) electrons. The number of amides is 1. The van der Waals surface area contributed by atoms with Gasteiger partial charge in [0.15, 0.2) is 11.5 Å². The van der Waals surface area contributed by atoms with Gasteiger partial charge in [0.25, 0.3) is 0 Å². The summed E-state index contributed by atoms with van der Waals surface area (Å²) >= 11 is 6.28. The van der Waals surface area contributed by atoms with Crippen molar-refractivity contribution in [3.8, 4) is 11.5 Å². The molecule has 2 aromatic rings. The van der Waals surface area contributed by atoms with Gasteiger partial charge in [0.05, 0.1) is 18.2 Å². The third-order valence-corrected chi connectivity index (χ3v) is 4.89. The summed E-state index contributed by atoms with van der Waals surface area (Å²) in [6.07, 6.45) is 4.86. The van der Waals surface area contributed by atoms with Crippen LogP contribution in [0.4, 0.5) is 0 Å². The molecule has 28 heavy (non-hydrogen) atoms. The highest BCUT2D eigenvalue weighted by atomic mass is 35.5. The van der Waals surface area contributed by atoms with E-state index in [-0.39, 0.29) is 5.91 Å². The van der Waals surface area contributed by atoms with E-state index in [0.717, 1.165) is 18.4 Å². The molecule has 2 aromatic carbocycles. The van der Waals surface area contributed by atoms with Gasteiger partial charge in [-0.1, -0.05) is 49.7 Å². The Morgan fingerprint density at radius 2 is 1.93 bits per heavy atom. The zero-order chi connectivity index (χ0) is 19.9. The summed E-state index contributed by atoms with van der Waals surface area (Å²) in [5.74, 6) is 1.58. The first-order valence-corrected chi connectivity index (χ1v) is 10.0. The number of hydrogen-bond acceptors (Lipinski definition) is 3. The van der Waals surface area contributed by atoms with Gasteiger partial charge in [-0.2, -0.15) is 0 Å². The van der Waals surface area contributed by atoms with E-state index in [2.05, 4.69) is 43.4 Å². The lowest BCUT2D eigenvalue weighted by atomic mass is 10.0. The van der Waals surface area contributed by atoms with Gasteiger partial charge in [0, 0.05) is 19.0 Å². The second kappa shape index (κ2) is 9.65. The van der Waals surface area contributed by atoms with E-state index in [9.17, 15) is 4.79 Å². The van der Waals surface area contributed by atoms with Gasteiger partial charge in [-0.05, 0) is 47.2 Å². The van der Waals surface area contributed by atoms with Crippen molar-refractivity contribution in [3.63, 3.8) is 0 Å². The van der Waals surface area contributed by atoms with Gasteiger partial charge in [0.1, 0.15) is 0 Å². The Labute approximate surface area is 171 Å². The highest BCUT2D eigenvalue weighted by molar-refractivity contribution is 6.32. The Morgan fingerprint density at radius 3 is 2.68 bits per heavy atom. The molecule has 3 rings (SSSR count). The van der Waals surface area contributed by atoms with E-state index >= 15 is 0 Å². The van der Waals surface area contributed by atoms with E-state index in [1.165, 1.54) is 17.2 Å². The summed E-state index contributed by atoms with van der Waals surface area (Å²) in [6.45, 7) is 6.13. The fourth-order valence-electron chi connectivity index (χ4n) is 2.98. The van der Waals surface area contributed by atoms with E-state index in [4.69, 9.17) is 21.1 Å². The maximum absolute atomic E-state index is 12.1. The number of rotatable bonds is 6. The third-order valence-electron chi connectivity index (χ3n) is 4.61. The number of fused-ring (bicyclic) bond motifs is 1. The minimum atomic E-state index is -0.137. The molecule has 0 spiro atoms. The second-order valence-corrected chi connectivity index (χ2v) is 7.56. The average molecular weight is 400 g/mol. The van der Waals surface area contributed by atoms with Crippen LogP contribution >= 0.6 is 11.6 Å². The first-order chi connectivity index (χ1) is 13.5. The van der Waals surface area contributed by atoms with Gasteiger partial charge < -0.3 is 14.8 Å². The SMILES string of the molecule is CC(C)c1ccc(CCNC(=O)C=Cc2cc(Cl)c3c(c2)OCCCO3)cc1. The predicted molar refractivity (Wildman–Crippen MR) is 113 cm³/mol. The van der Waals surface area contributed by atoms with Gasteiger partial charge in [-0.3, -0.25) is 4.79 Å². The Hall–Kier alpha value is -2.46. The fraction of sp³-hybridized carbons (Fsp3) is 0.348. The van der Waals surface area contributed by atoms with Crippen LogP contribution in [-0.2, 0) is 11.2 Å². The van der Waals surface area contributed by atoms with Crippen molar-refractivity contribution in [1.29, 1.82) is 0 Å². The maximum atomic E-state index is 12.1. The molecular formula is C23H26ClNO3. The predicted octanol–water partition coefficient (Wildman–Crippen LogP) is 5.00. The highest BCUT2D eigenvalue weighted by Crippen LogP contribution is 2.38. The van der Waals surface area contributed by atoms with E-state index in [1.807, 2.05) is 6.07 Å². The molecule has 0 aromatic heterocycles. The number of hydrogen-bond donors (Lipinski definition) is 1. The smallest absolute Gasteiger partial charge is 0.244 e. The van der Waals surface area contributed by atoms with Crippen LogP contribution in [0.5, 0.6) is 11.5 Å². The molecule has 148 valence electrons. The van der Waals surface area contributed by atoms with Gasteiger partial charge in [-0.25, -0.2) is 0 Å². The molecule has 0 bridgehead atoms. The minimum Gasteiger partial charge on any atom is -0.489 e. The summed E-state index contributed by atoms with van der Waals surface area (Å²) in [7, 11) is 0. The summed E-state index contributed by atoms with van der Waals surface area (Å²) < 4.78 is 11.3. The van der Waals surface area contributed by atoms with Crippen LogP contribution in [0.2, 0.25) is 5.02 Å². The van der Waals surface area contributed by atoms with Crippen LogP contribution < -0.4 is 14.8 Å². The Balaban J connectivity index is 1.52. The lowest BCUT2D eigenvalue weighted by Crippen LogP contribution is -2.23. The quantitative estimate of drug-likeness (QED) is 0.695. The molecule has 0 unspecified atom stereocenters. The number of halogens is 1. The lowest BCUT2D eigenvalue weighted by molar-refractivity contribution is -0.116. The van der Waals surface area contributed by atoms with Crippen molar-refractivity contribution in [2.24, 2.45) is 0 Å². The van der Waals surface area contributed by atoms with Crippen molar-refractivity contribution >= 4 is 23.6 Å². The molecule has 1 amide bonds. The van der Waals surface area contributed by atoms with Crippen LogP contribution in [0.1, 0.15) is 42.9 Å². The molecule has 0 saturated carbocycles. The normalized spacial score (nSPS) is 13.6. The first kappa shape index (κ1) is 20.3. The molecule has 1 heterocycles. The van der Waals surface area contributed by atoms with Crippen molar-refractivity contribution in [3.05, 3.63) is 64.2 Å². The average Bonchev–Trinajstić information content (AvgIpc) is 2.93. The number of carbonyl (C=O) groups excluding carboxylic acids is 1. The van der Waals surface area contributed by atoms with Crippen LogP contribution in [0.25, 0.3) is 6.08 Å². The summed E-state index contributed by atoms with van der Waals surface area (Å²) in [4.78, 5) is 12.1. The molecule has 0 fully saturated rings. The Kier molecular flexibility index (Phi) is 6.99. The maximum Gasteiger partial charge on any atom is 0.244 e. The minimum absolute atomic E-state index is 0.137. The third kappa shape index (κ3) is 5.52. The molecule has 1 N–H and O–H groups in total. The summed E-state index contributed by atoms with van der Waals surface area (Å²) in [6, 6.07) is 12.2.